The van der Waals surface area contributed by atoms with E-state index in [2.05, 4.69) is 15.3 Å². The number of hydrogen-bond acceptors (Lipinski definition) is 5. The molecule has 2 aromatic heterocycles. The van der Waals surface area contributed by atoms with E-state index in [1.807, 2.05) is 0 Å². The molecule has 3 aromatic rings. The van der Waals surface area contributed by atoms with Gasteiger partial charge in [0.25, 0.3) is 0 Å². The second-order valence-corrected chi connectivity index (χ2v) is 10.3. The monoisotopic (exact) mass is 522 g/mol. The Bertz CT molecular complexity index is 1350. The van der Waals surface area contributed by atoms with Crippen LogP contribution in [0.25, 0.3) is 11.3 Å². The van der Waals surface area contributed by atoms with E-state index in [0.29, 0.717) is 29.8 Å². The lowest BCUT2D eigenvalue weighted by atomic mass is 10.1. The predicted octanol–water partition coefficient (Wildman–Crippen LogP) is 4.16. The van der Waals surface area contributed by atoms with Gasteiger partial charge in [0.1, 0.15) is 11.9 Å². The van der Waals surface area contributed by atoms with E-state index in [0.717, 1.165) is 40.8 Å². The third-order valence-corrected chi connectivity index (χ3v) is 7.98. The topological polar surface area (TPSA) is 92.3 Å². The molecule has 1 fully saturated rings. The van der Waals surface area contributed by atoms with Gasteiger partial charge in [-0.25, -0.2) is 12.8 Å². The van der Waals surface area contributed by atoms with Crippen molar-refractivity contribution in [1.29, 1.82) is 0 Å². The van der Waals surface area contributed by atoms with Crippen molar-refractivity contribution >= 4 is 15.9 Å². The standard InChI is InChI=1S/C24H22F4N4O3S/c1-15-2-9-22(32(15)36(34,35)20-6-4-18(25)5-7-20)23(33)31-14-19-12-16(10-11-29-19)21-8-3-17(13-30-21)24(26,27)28/h3-8,10-13,15,22H,2,9,14H2,1H3,(H,31,33)/t15-,22-/m0/s1. The van der Waals surface area contributed by atoms with Crippen molar-refractivity contribution in [3.05, 3.63) is 78.0 Å². The molecule has 2 atom stereocenters. The molecule has 0 bridgehead atoms. The Morgan fingerprint density at radius 3 is 2.44 bits per heavy atom. The summed E-state index contributed by atoms with van der Waals surface area (Å²) in [5, 5.41) is 2.70. The predicted molar refractivity (Wildman–Crippen MR) is 122 cm³/mol. The minimum absolute atomic E-state index is 0.0252. The highest BCUT2D eigenvalue weighted by Gasteiger charge is 2.43. The molecule has 1 saturated heterocycles. The summed E-state index contributed by atoms with van der Waals surface area (Å²) in [6, 6.07) is 8.39. The van der Waals surface area contributed by atoms with Crippen molar-refractivity contribution in [2.45, 2.75) is 49.5 Å². The number of hydrogen-bond donors (Lipinski definition) is 1. The van der Waals surface area contributed by atoms with Gasteiger partial charge in [-0.15, -0.1) is 0 Å². The molecule has 36 heavy (non-hydrogen) atoms. The summed E-state index contributed by atoms with van der Waals surface area (Å²) in [4.78, 5) is 20.9. The van der Waals surface area contributed by atoms with Crippen LogP contribution in [0.5, 0.6) is 0 Å². The third kappa shape index (κ3) is 5.39. The van der Waals surface area contributed by atoms with Crippen molar-refractivity contribution in [3.8, 4) is 11.3 Å². The largest absolute Gasteiger partial charge is 0.417 e. The van der Waals surface area contributed by atoms with E-state index in [4.69, 9.17) is 0 Å². The molecule has 0 radical (unpaired) electrons. The lowest BCUT2D eigenvalue weighted by molar-refractivity contribution is -0.137. The molecule has 1 aliphatic rings. The average Bonchev–Trinajstić information content (AvgIpc) is 3.25. The summed E-state index contributed by atoms with van der Waals surface area (Å²) in [6.07, 6.45) is -1.51. The number of nitrogens with zero attached hydrogens (tertiary/aromatic N) is 3. The van der Waals surface area contributed by atoms with Crippen LogP contribution in [0.4, 0.5) is 17.6 Å². The number of amides is 1. The molecular formula is C24H22F4N4O3S. The minimum Gasteiger partial charge on any atom is -0.349 e. The molecule has 1 aliphatic heterocycles. The molecule has 190 valence electrons. The fraction of sp³-hybridized carbons (Fsp3) is 0.292. The Hall–Kier alpha value is -3.38. The first kappa shape index (κ1) is 25.7. The fourth-order valence-corrected chi connectivity index (χ4v) is 5.94. The van der Waals surface area contributed by atoms with Crippen molar-refractivity contribution in [2.75, 3.05) is 0 Å². The van der Waals surface area contributed by atoms with Gasteiger partial charge < -0.3 is 5.32 Å². The third-order valence-electron chi connectivity index (χ3n) is 5.94. The van der Waals surface area contributed by atoms with E-state index in [9.17, 15) is 30.8 Å². The molecule has 0 spiro atoms. The number of pyridine rings is 2. The van der Waals surface area contributed by atoms with Gasteiger partial charge in [-0.05, 0) is 68.3 Å². The molecule has 3 heterocycles. The van der Waals surface area contributed by atoms with Crippen LogP contribution in [0, 0.1) is 5.82 Å². The Balaban J connectivity index is 1.47. The van der Waals surface area contributed by atoms with Crippen LogP contribution in [0.15, 0.2) is 65.8 Å². The maximum atomic E-state index is 13.3. The quantitative estimate of drug-likeness (QED) is 0.491. The zero-order chi connectivity index (χ0) is 26.1. The number of carbonyl (C=O) groups excluding carboxylic acids is 1. The number of sulfonamides is 1. The Kier molecular flexibility index (Phi) is 7.10. The van der Waals surface area contributed by atoms with Crippen molar-refractivity contribution in [3.63, 3.8) is 0 Å². The number of rotatable bonds is 6. The van der Waals surface area contributed by atoms with Gasteiger partial charge in [0, 0.05) is 24.0 Å². The normalized spacial score (nSPS) is 18.8. The first-order valence-corrected chi connectivity index (χ1v) is 12.5. The SMILES string of the molecule is C[C@H]1CC[C@@H](C(=O)NCc2cc(-c3ccc(C(F)(F)F)cn3)ccn2)N1S(=O)(=O)c1ccc(F)cc1. The maximum absolute atomic E-state index is 13.3. The minimum atomic E-state index is -4.49. The van der Waals surface area contributed by atoms with Crippen molar-refractivity contribution in [2.24, 2.45) is 0 Å². The summed E-state index contributed by atoms with van der Waals surface area (Å²) in [5.74, 6) is -1.08. The van der Waals surface area contributed by atoms with E-state index in [-0.39, 0.29) is 11.4 Å². The van der Waals surface area contributed by atoms with Crippen LogP contribution in [-0.4, -0.2) is 40.7 Å². The van der Waals surface area contributed by atoms with Crippen molar-refractivity contribution in [1.82, 2.24) is 19.6 Å². The van der Waals surface area contributed by atoms with Crippen LogP contribution in [0.3, 0.4) is 0 Å². The molecular weight excluding hydrogens is 500 g/mol. The summed E-state index contributed by atoms with van der Waals surface area (Å²) in [5.41, 5.74) is 0.373. The van der Waals surface area contributed by atoms with Gasteiger partial charge in [0.2, 0.25) is 15.9 Å². The molecule has 0 saturated carbocycles. The smallest absolute Gasteiger partial charge is 0.349 e. The highest BCUT2D eigenvalue weighted by molar-refractivity contribution is 7.89. The number of carbonyl (C=O) groups is 1. The molecule has 12 heteroatoms. The first-order chi connectivity index (χ1) is 17.0. The zero-order valence-corrected chi connectivity index (χ0v) is 19.9. The molecule has 0 aliphatic carbocycles. The molecule has 4 rings (SSSR count). The second-order valence-electron chi connectivity index (χ2n) is 8.41. The van der Waals surface area contributed by atoms with Crippen LogP contribution in [-0.2, 0) is 27.5 Å². The summed E-state index contributed by atoms with van der Waals surface area (Å²) >= 11 is 0. The molecule has 0 unspecified atom stereocenters. The molecule has 7 nitrogen and oxygen atoms in total. The Labute approximate surface area is 205 Å². The Morgan fingerprint density at radius 1 is 1.08 bits per heavy atom. The number of halogens is 4. The number of nitrogens with one attached hydrogen (secondary N) is 1. The molecule has 1 N–H and O–H groups in total. The van der Waals surface area contributed by atoms with Gasteiger partial charge in [-0.3, -0.25) is 14.8 Å². The van der Waals surface area contributed by atoms with Crippen LogP contribution in [0.2, 0.25) is 0 Å². The number of benzene rings is 1. The maximum Gasteiger partial charge on any atom is 0.417 e. The van der Waals surface area contributed by atoms with Crippen molar-refractivity contribution < 1.29 is 30.8 Å². The number of alkyl halides is 3. The number of aromatic nitrogens is 2. The molecule has 1 aromatic carbocycles. The summed E-state index contributed by atoms with van der Waals surface area (Å²) < 4.78 is 79.1. The van der Waals surface area contributed by atoms with Crippen LogP contribution in [0.1, 0.15) is 31.0 Å². The van der Waals surface area contributed by atoms with E-state index in [1.165, 1.54) is 12.3 Å². The summed E-state index contributed by atoms with van der Waals surface area (Å²) in [6.45, 7) is 1.68. The van der Waals surface area contributed by atoms with E-state index >= 15 is 0 Å². The van der Waals surface area contributed by atoms with E-state index < -0.39 is 45.6 Å². The average molecular weight is 523 g/mol. The van der Waals surface area contributed by atoms with E-state index in [1.54, 1.807) is 19.1 Å². The first-order valence-electron chi connectivity index (χ1n) is 11.0. The fourth-order valence-electron chi connectivity index (χ4n) is 4.10. The van der Waals surface area contributed by atoms with Gasteiger partial charge >= 0.3 is 6.18 Å². The lowest BCUT2D eigenvalue weighted by Gasteiger charge is -2.27. The van der Waals surface area contributed by atoms with Gasteiger partial charge in [-0.2, -0.15) is 17.5 Å². The highest BCUT2D eigenvalue weighted by Crippen LogP contribution is 2.32. The molecule has 1 amide bonds. The zero-order valence-electron chi connectivity index (χ0n) is 19.0. The lowest BCUT2D eigenvalue weighted by Crippen LogP contribution is -2.48. The Morgan fingerprint density at radius 2 is 1.81 bits per heavy atom. The van der Waals surface area contributed by atoms with Crippen LogP contribution < -0.4 is 5.32 Å². The van der Waals surface area contributed by atoms with Gasteiger partial charge in [0.15, 0.2) is 0 Å². The summed E-state index contributed by atoms with van der Waals surface area (Å²) in [7, 11) is -4.04. The van der Waals surface area contributed by atoms with Gasteiger partial charge in [0.05, 0.1) is 28.4 Å². The highest BCUT2D eigenvalue weighted by atomic mass is 32.2. The second kappa shape index (κ2) is 9.94. The van der Waals surface area contributed by atoms with Gasteiger partial charge in [-0.1, -0.05) is 0 Å². The van der Waals surface area contributed by atoms with Crippen LogP contribution >= 0.6 is 0 Å².